The summed E-state index contributed by atoms with van der Waals surface area (Å²) in [6.45, 7) is 3.26. The number of halogens is 1. The van der Waals surface area contributed by atoms with E-state index < -0.39 is 11.9 Å². The van der Waals surface area contributed by atoms with Gasteiger partial charge in [-0.25, -0.2) is 9.37 Å². The van der Waals surface area contributed by atoms with Gasteiger partial charge in [-0.05, 0) is 66.8 Å². The lowest BCUT2D eigenvalue weighted by Crippen LogP contribution is -2.52. The van der Waals surface area contributed by atoms with Crippen LogP contribution in [-0.2, 0) is 27.4 Å². The van der Waals surface area contributed by atoms with Crippen molar-refractivity contribution in [2.75, 3.05) is 32.9 Å². The van der Waals surface area contributed by atoms with Crippen LogP contribution in [0.4, 0.5) is 4.39 Å². The number of nitrogens with one attached hydrogen (secondary N) is 1. The number of imide groups is 1. The maximum Gasteiger partial charge on any atom is 0.255 e. The Bertz CT molecular complexity index is 1630. The summed E-state index contributed by atoms with van der Waals surface area (Å²) in [5.41, 5.74) is 3.41. The second-order valence-corrected chi connectivity index (χ2v) is 12.3. The zero-order valence-electron chi connectivity index (χ0n) is 24.3. The quantitative estimate of drug-likeness (QED) is 0.396. The predicted molar refractivity (Wildman–Crippen MR) is 157 cm³/mol. The number of aliphatic hydroxyl groups is 1. The van der Waals surface area contributed by atoms with Crippen molar-refractivity contribution >= 4 is 28.6 Å². The number of piperidine rings is 1. The van der Waals surface area contributed by atoms with E-state index in [2.05, 4.69) is 15.2 Å². The second-order valence-electron chi connectivity index (χ2n) is 12.3. The standard InChI is InChI=1S/C33H35FN4O6/c34-26-12-19(11-21-1-4-27(35-31(21)26)20-7-9-43-10-8-20)14-37-15-23(18-39)29(17-37)44-24-2-3-25-22(13-24)16-38(33(25)42)28-5-6-30(40)36-32(28)41/h1-4,11-13,20,23,28-29,39H,5-10,14-18H2,(H,36,40,41)/t23-,28-,29+/m0/s1. The van der Waals surface area contributed by atoms with Gasteiger partial charge in [0.1, 0.15) is 29.2 Å². The third kappa shape index (κ3) is 5.55. The van der Waals surface area contributed by atoms with Gasteiger partial charge in [-0.15, -0.1) is 0 Å². The molecule has 0 bridgehead atoms. The molecule has 2 aromatic carbocycles. The molecule has 3 amide bonds. The third-order valence-electron chi connectivity index (χ3n) is 9.35. The molecule has 3 atom stereocenters. The average Bonchev–Trinajstić information content (AvgIpc) is 3.56. The molecule has 3 aromatic rings. The van der Waals surface area contributed by atoms with Gasteiger partial charge in [-0.3, -0.25) is 24.6 Å². The first kappa shape index (κ1) is 28.8. The number of carbonyl (C=O) groups is 3. The summed E-state index contributed by atoms with van der Waals surface area (Å²) in [6, 6.07) is 12.1. The Morgan fingerprint density at radius 3 is 2.68 bits per heavy atom. The summed E-state index contributed by atoms with van der Waals surface area (Å²) in [5, 5.41) is 13.2. The van der Waals surface area contributed by atoms with Crippen LogP contribution in [0, 0.1) is 11.7 Å². The molecular weight excluding hydrogens is 567 g/mol. The van der Waals surface area contributed by atoms with Crippen molar-refractivity contribution in [3.8, 4) is 5.75 Å². The number of nitrogens with zero attached hydrogens (tertiary/aromatic N) is 3. The van der Waals surface area contributed by atoms with Gasteiger partial charge in [-0.2, -0.15) is 0 Å². The fraction of sp³-hybridized carbons (Fsp3) is 0.455. The minimum atomic E-state index is -0.677. The first-order valence-electron chi connectivity index (χ1n) is 15.3. The first-order valence-corrected chi connectivity index (χ1v) is 15.3. The van der Waals surface area contributed by atoms with Gasteiger partial charge in [-0.1, -0.05) is 6.07 Å². The Balaban J connectivity index is 1.02. The van der Waals surface area contributed by atoms with Crippen molar-refractivity contribution in [3.05, 3.63) is 70.7 Å². The van der Waals surface area contributed by atoms with Gasteiger partial charge in [0, 0.05) is 74.3 Å². The molecule has 4 aliphatic heterocycles. The fourth-order valence-electron chi connectivity index (χ4n) is 7.00. The van der Waals surface area contributed by atoms with E-state index in [-0.39, 0.29) is 49.2 Å². The molecule has 44 heavy (non-hydrogen) atoms. The summed E-state index contributed by atoms with van der Waals surface area (Å²) in [5.74, 6) is -0.612. The van der Waals surface area contributed by atoms with E-state index in [1.54, 1.807) is 18.2 Å². The Hall–Kier alpha value is -3.93. The number of carbonyl (C=O) groups excluding carboxylic acids is 3. The SMILES string of the molecule is O=C1CC[C@H](N2Cc3cc(O[C@@H]4CN(Cc5cc(F)c6nc(C7CCOCC7)ccc6c5)C[C@H]4CO)ccc3C2=O)C(=O)N1. The number of ether oxygens (including phenoxy) is 2. The van der Waals surface area contributed by atoms with E-state index in [9.17, 15) is 19.5 Å². The van der Waals surface area contributed by atoms with E-state index in [0.29, 0.717) is 62.0 Å². The normalized spacial score (nSPS) is 24.6. The van der Waals surface area contributed by atoms with Crippen LogP contribution in [0.15, 0.2) is 42.5 Å². The highest BCUT2D eigenvalue weighted by molar-refractivity contribution is 6.05. The average molecular weight is 603 g/mol. The Kier molecular flexibility index (Phi) is 7.77. The highest BCUT2D eigenvalue weighted by Crippen LogP contribution is 2.33. The molecule has 7 rings (SSSR count). The maximum atomic E-state index is 15.3. The molecule has 1 aromatic heterocycles. The van der Waals surface area contributed by atoms with Gasteiger partial charge in [0.15, 0.2) is 0 Å². The molecule has 3 fully saturated rings. The van der Waals surface area contributed by atoms with E-state index >= 15 is 4.39 Å². The number of likely N-dealkylation sites (tertiary alicyclic amines) is 1. The predicted octanol–water partition coefficient (Wildman–Crippen LogP) is 2.90. The lowest BCUT2D eigenvalue weighted by atomic mass is 9.95. The molecule has 0 radical (unpaired) electrons. The van der Waals surface area contributed by atoms with Crippen molar-refractivity contribution < 1.29 is 33.4 Å². The lowest BCUT2D eigenvalue weighted by molar-refractivity contribution is -0.136. The largest absolute Gasteiger partial charge is 0.489 e. The minimum absolute atomic E-state index is 0.0567. The third-order valence-corrected chi connectivity index (χ3v) is 9.35. The smallest absolute Gasteiger partial charge is 0.255 e. The molecule has 4 aliphatic rings. The molecule has 0 aliphatic carbocycles. The Labute approximate surface area is 254 Å². The van der Waals surface area contributed by atoms with Crippen molar-refractivity contribution in [1.29, 1.82) is 0 Å². The summed E-state index contributed by atoms with van der Waals surface area (Å²) in [6.07, 6.45) is 2.00. The van der Waals surface area contributed by atoms with Gasteiger partial charge in [0.2, 0.25) is 11.8 Å². The lowest BCUT2D eigenvalue weighted by Gasteiger charge is -2.29. The summed E-state index contributed by atoms with van der Waals surface area (Å²) < 4.78 is 27.1. The Morgan fingerprint density at radius 1 is 1.05 bits per heavy atom. The van der Waals surface area contributed by atoms with Crippen LogP contribution in [0.3, 0.4) is 0 Å². The molecule has 11 heteroatoms. The van der Waals surface area contributed by atoms with E-state index in [1.807, 2.05) is 24.3 Å². The maximum absolute atomic E-state index is 15.3. The van der Waals surface area contributed by atoms with Crippen LogP contribution >= 0.6 is 0 Å². The van der Waals surface area contributed by atoms with Gasteiger partial charge >= 0.3 is 0 Å². The molecule has 5 heterocycles. The number of benzene rings is 2. The molecule has 0 spiro atoms. The van der Waals surface area contributed by atoms with Crippen LogP contribution in [-0.4, -0.2) is 82.7 Å². The van der Waals surface area contributed by atoms with Gasteiger partial charge in [0.05, 0.1) is 6.61 Å². The van der Waals surface area contributed by atoms with E-state index in [4.69, 9.17) is 9.47 Å². The highest BCUT2D eigenvalue weighted by atomic mass is 19.1. The molecule has 10 nitrogen and oxygen atoms in total. The van der Waals surface area contributed by atoms with Crippen molar-refractivity contribution in [2.24, 2.45) is 5.92 Å². The summed E-state index contributed by atoms with van der Waals surface area (Å²) >= 11 is 0. The van der Waals surface area contributed by atoms with Crippen molar-refractivity contribution in [1.82, 2.24) is 20.1 Å². The second kappa shape index (κ2) is 11.9. The molecular formula is C33H35FN4O6. The molecule has 3 saturated heterocycles. The number of pyridine rings is 1. The number of amides is 3. The molecule has 0 saturated carbocycles. The number of hydrogen-bond donors (Lipinski definition) is 2. The van der Waals surface area contributed by atoms with Crippen LogP contribution in [0.25, 0.3) is 10.9 Å². The van der Waals surface area contributed by atoms with Crippen LogP contribution in [0.2, 0.25) is 0 Å². The molecule has 0 unspecified atom stereocenters. The van der Waals surface area contributed by atoms with Crippen molar-refractivity contribution in [2.45, 2.75) is 56.8 Å². The van der Waals surface area contributed by atoms with Crippen molar-refractivity contribution in [3.63, 3.8) is 0 Å². The van der Waals surface area contributed by atoms with E-state index in [1.165, 1.54) is 4.90 Å². The number of aliphatic hydroxyl groups excluding tert-OH is 1. The zero-order chi connectivity index (χ0) is 30.4. The van der Waals surface area contributed by atoms with Gasteiger partial charge < -0.3 is 19.5 Å². The van der Waals surface area contributed by atoms with E-state index in [0.717, 1.165) is 35.0 Å². The number of aromatic nitrogens is 1. The fourth-order valence-corrected chi connectivity index (χ4v) is 7.00. The van der Waals surface area contributed by atoms with Crippen LogP contribution < -0.4 is 10.1 Å². The molecule has 230 valence electrons. The topological polar surface area (TPSA) is 121 Å². The first-order chi connectivity index (χ1) is 21.4. The number of rotatable bonds is 7. The van der Waals surface area contributed by atoms with Crippen LogP contribution in [0.1, 0.15) is 58.8 Å². The minimum Gasteiger partial charge on any atom is -0.489 e. The number of fused-ring (bicyclic) bond motifs is 2. The van der Waals surface area contributed by atoms with Crippen LogP contribution in [0.5, 0.6) is 5.75 Å². The zero-order valence-corrected chi connectivity index (χ0v) is 24.3. The monoisotopic (exact) mass is 602 g/mol. The number of hydrogen-bond acceptors (Lipinski definition) is 8. The molecule has 2 N–H and O–H groups in total. The summed E-state index contributed by atoms with van der Waals surface area (Å²) in [7, 11) is 0. The summed E-state index contributed by atoms with van der Waals surface area (Å²) in [4.78, 5) is 45.3. The van der Waals surface area contributed by atoms with Gasteiger partial charge in [0.25, 0.3) is 5.91 Å². The highest BCUT2D eigenvalue weighted by Gasteiger charge is 2.40. The Morgan fingerprint density at radius 2 is 1.89 bits per heavy atom.